The lowest BCUT2D eigenvalue weighted by atomic mass is 10.0. The highest BCUT2D eigenvalue weighted by Crippen LogP contribution is 2.23. The van der Waals surface area contributed by atoms with E-state index in [2.05, 4.69) is 26.0 Å². The van der Waals surface area contributed by atoms with Gasteiger partial charge in [0, 0.05) is 28.5 Å². The molecular weight excluding hydrogens is 311 g/mol. The summed E-state index contributed by atoms with van der Waals surface area (Å²) in [5.74, 6) is 0.466. The molecule has 1 atom stereocenters. The van der Waals surface area contributed by atoms with E-state index in [0.717, 1.165) is 10.3 Å². The van der Waals surface area contributed by atoms with Crippen LogP contribution in [0.3, 0.4) is 0 Å². The lowest BCUT2D eigenvalue weighted by Crippen LogP contribution is -2.19. The van der Waals surface area contributed by atoms with Crippen molar-refractivity contribution in [1.29, 1.82) is 0 Å². The minimum Gasteiger partial charge on any atom is -0.323 e. The third-order valence-electron chi connectivity index (χ3n) is 2.90. The lowest BCUT2D eigenvalue weighted by Gasteiger charge is -2.15. The van der Waals surface area contributed by atoms with E-state index in [1.807, 2.05) is 13.8 Å². The zero-order chi connectivity index (χ0) is 14.0. The van der Waals surface area contributed by atoms with Crippen molar-refractivity contribution in [2.24, 2.45) is 5.73 Å². The van der Waals surface area contributed by atoms with Gasteiger partial charge in [0.1, 0.15) is 18.0 Å². The van der Waals surface area contributed by atoms with Crippen LogP contribution in [0.5, 0.6) is 0 Å². The summed E-state index contributed by atoms with van der Waals surface area (Å²) in [6.45, 7) is 4.03. The first-order valence-electron chi connectivity index (χ1n) is 6.08. The molecule has 0 bridgehead atoms. The van der Waals surface area contributed by atoms with E-state index in [9.17, 15) is 4.39 Å². The fourth-order valence-corrected chi connectivity index (χ4v) is 2.34. The number of nitrogens with two attached hydrogens (primary N) is 1. The SMILES string of the molecule is CC(C)n1ncnc1CC(N)c1cc(Br)ccc1F. The second-order valence-corrected chi connectivity index (χ2v) is 5.61. The third-order valence-corrected chi connectivity index (χ3v) is 3.39. The number of nitrogens with zero attached hydrogens (tertiary/aromatic N) is 3. The zero-order valence-electron chi connectivity index (χ0n) is 10.8. The van der Waals surface area contributed by atoms with E-state index in [1.54, 1.807) is 16.8 Å². The Morgan fingerprint density at radius 3 is 2.84 bits per heavy atom. The van der Waals surface area contributed by atoms with E-state index in [4.69, 9.17) is 5.73 Å². The quantitative estimate of drug-likeness (QED) is 0.939. The van der Waals surface area contributed by atoms with Crippen LogP contribution in [-0.2, 0) is 6.42 Å². The molecule has 1 aromatic carbocycles. The zero-order valence-corrected chi connectivity index (χ0v) is 12.4. The van der Waals surface area contributed by atoms with Crippen LogP contribution >= 0.6 is 15.9 Å². The standard InChI is InChI=1S/C13H16BrFN4/c1-8(2)19-13(17-7-18-19)6-12(16)10-5-9(14)3-4-11(10)15/h3-5,7-8,12H,6,16H2,1-2H3. The lowest BCUT2D eigenvalue weighted by molar-refractivity contribution is 0.488. The molecular formula is C13H16BrFN4. The maximum Gasteiger partial charge on any atom is 0.138 e. The number of benzene rings is 1. The molecule has 102 valence electrons. The van der Waals surface area contributed by atoms with E-state index >= 15 is 0 Å². The molecule has 2 rings (SSSR count). The Kier molecular flexibility index (Phi) is 4.31. The summed E-state index contributed by atoms with van der Waals surface area (Å²) in [7, 11) is 0. The third kappa shape index (κ3) is 3.19. The fourth-order valence-electron chi connectivity index (χ4n) is 1.96. The molecule has 0 aliphatic carbocycles. The van der Waals surface area contributed by atoms with Gasteiger partial charge in [0.05, 0.1) is 0 Å². The van der Waals surface area contributed by atoms with Gasteiger partial charge in [0.15, 0.2) is 0 Å². The first-order valence-corrected chi connectivity index (χ1v) is 6.87. The number of halogens is 2. The second-order valence-electron chi connectivity index (χ2n) is 4.69. The van der Waals surface area contributed by atoms with E-state index in [0.29, 0.717) is 12.0 Å². The Bertz CT molecular complexity index is 568. The summed E-state index contributed by atoms with van der Waals surface area (Å²) < 4.78 is 16.4. The van der Waals surface area contributed by atoms with Crippen molar-refractivity contribution in [3.05, 3.63) is 46.2 Å². The van der Waals surface area contributed by atoms with Crippen molar-refractivity contribution in [3.8, 4) is 0 Å². The van der Waals surface area contributed by atoms with Gasteiger partial charge in [-0.25, -0.2) is 14.1 Å². The Labute approximate surface area is 120 Å². The molecule has 0 spiro atoms. The molecule has 0 saturated heterocycles. The maximum absolute atomic E-state index is 13.8. The van der Waals surface area contributed by atoms with Crippen LogP contribution in [0.15, 0.2) is 29.0 Å². The molecule has 0 aliphatic heterocycles. The molecule has 0 amide bonds. The molecule has 0 saturated carbocycles. The van der Waals surface area contributed by atoms with Crippen LogP contribution in [0.4, 0.5) is 4.39 Å². The van der Waals surface area contributed by atoms with Crippen LogP contribution in [-0.4, -0.2) is 14.8 Å². The Morgan fingerprint density at radius 2 is 2.16 bits per heavy atom. The van der Waals surface area contributed by atoms with Crippen LogP contribution in [0.1, 0.15) is 37.3 Å². The Morgan fingerprint density at radius 1 is 1.42 bits per heavy atom. The molecule has 0 radical (unpaired) electrons. The predicted octanol–water partition coefficient (Wildman–Crippen LogP) is 3.00. The monoisotopic (exact) mass is 326 g/mol. The molecule has 2 aromatic rings. The van der Waals surface area contributed by atoms with Gasteiger partial charge >= 0.3 is 0 Å². The summed E-state index contributed by atoms with van der Waals surface area (Å²) in [5.41, 5.74) is 6.56. The molecule has 6 heteroatoms. The van der Waals surface area contributed by atoms with Crippen LogP contribution in [0, 0.1) is 5.82 Å². The van der Waals surface area contributed by atoms with Crippen LogP contribution in [0.2, 0.25) is 0 Å². The van der Waals surface area contributed by atoms with Gasteiger partial charge in [0.25, 0.3) is 0 Å². The topological polar surface area (TPSA) is 56.7 Å². The summed E-state index contributed by atoms with van der Waals surface area (Å²) in [4.78, 5) is 4.19. The molecule has 1 unspecified atom stereocenters. The molecule has 1 heterocycles. The molecule has 4 nitrogen and oxygen atoms in total. The van der Waals surface area contributed by atoms with E-state index in [-0.39, 0.29) is 11.9 Å². The van der Waals surface area contributed by atoms with E-state index < -0.39 is 6.04 Å². The summed E-state index contributed by atoms with van der Waals surface area (Å²) in [6, 6.07) is 4.53. The van der Waals surface area contributed by atoms with Gasteiger partial charge in [-0.2, -0.15) is 5.10 Å². The number of rotatable bonds is 4. The minimum absolute atomic E-state index is 0.206. The van der Waals surface area contributed by atoms with Gasteiger partial charge < -0.3 is 5.73 Å². The van der Waals surface area contributed by atoms with Gasteiger partial charge in [-0.3, -0.25) is 0 Å². The highest BCUT2D eigenvalue weighted by molar-refractivity contribution is 9.10. The van der Waals surface area contributed by atoms with Crippen molar-refractivity contribution < 1.29 is 4.39 Å². The normalized spacial score (nSPS) is 12.9. The molecule has 0 fully saturated rings. The van der Waals surface area contributed by atoms with Crippen LogP contribution in [0.25, 0.3) is 0 Å². The Balaban J connectivity index is 2.23. The first kappa shape index (κ1) is 14.1. The van der Waals surface area contributed by atoms with Crippen molar-refractivity contribution in [2.45, 2.75) is 32.4 Å². The summed E-state index contributed by atoms with van der Waals surface area (Å²) in [5, 5.41) is 4.15. The van der Waals surface area contributed by atoms with Crippen LogP contribution < -0.4 is 5.73 Å². The van der Waals surface area contributed by atoms with Crippen molar-refractivity contribution in [3.63, 3.8) is 0 Å². The largest absolute Gasteiger partial charge is 0.323 e. The highest BCUT2D eigenvalue weighted by Gasteiger charge is 2.16. The van der Waals surface area contributed by atoms with Gasteiger partial charge in [-0.15, -0.1) is 0 Å². The number of hydrogen-bond acceptors (Lipinski definition) is 3. The summed E-state index contributed by atoms with van der Waals surface area (Å²) >= 11 is 3.32. The average molecular weight is 327 g/mol. The molecule has 19 heavy (non-hydrogen) atoms. The number of aromatic nitrogens is 3. The smallest absolute Gasteiger partial charge is 0.138 e. The predicted molar refractivity (Wildman–Crippen MR) is 75.1 cm³/mol. The summed E-state index contributed by atoms with van der Waals surface area (Å²) in [6.07, 6.45) is 1.95. The van der Waals surface area contributed by atoms with Gasteiger partial charge in [-0.05, 0) is 32.0 Å². The maximum atomic E-state index is 13.8. The van der Waals surface area contributed by atoms with Crippen molar-refractivity contribution in [1.82, 2.24) is 14.8 Å². The molecule has 1 aromatic heterocycles. The highest BCUT2D eigenvalue weighted by atomic mass is 79.9. The van der Waals surface area contributed by atoms with Gasteiger partial charge in [-0.1, -0.05) is 15.9 Å². The van der Waals surface area contributed by atoms with Crippen molar-refractivity contribution in [2.75, 3.05) is 0 Å². The first-order chi connectivity index (χ1) is 8.99. The van der Waals surface area contributed by atoms with Gasteiger partial charge in [0.2, 0.25) is 0 Å². The second kappa shape index (κ2) is 5.79. The van der Waals surface area contributed by atoms with E-state index in [1.165, 1.54) is 12.4 Å². The average Bonchev–Trinajstić information content (AvgIpc) is 2.80. The van der Waals surface area contributed by atoms with Crippen molar-refractivity contribution >= 4 is 15.9 Å². The minimum atomic E-state index is -0.445. The Hall–Kier alpha value is -1.27. The molecule has 2 N–H and O–H groups in total. The molecule has 0 aliphatic rings. The number of hydrogen-bond donors (Lipinski definition) is 1. The fraction of sp³-hybridized carbons (Fsp3) is 0.385.